The molecule has 0 aromatic heterocycles. The standard InChI is InChI=1S/C16H22N4O3/c1-2-16(7-4-8-19-16)15(23)20-12-6-3-5-11(9-12)14(22)18-10-13(17)21/h3,5-6,9,19H,2,4,7-8,10H2,1H3,(H2,17,21)(H,18,22)(H,20,23). The Balaban J connectivity index is 2.06. The van der Waals surface area contributed by atoms with E-state index in [1.165, 1.54) is 0 Å². The summed E-state index contributed by atoms with van der Waals surface area (Å²) < 4.78 is 0. The highest BCUT2D eigenvalue weighted by atomic mass is 16.2. The van der Waals surface area contributed by atoms with Crippen LogP contribution in [0.3, 0.4) is 0 Å². The van der Waals surface area contributed by atoms with Gasteiger partial charge in [0.25, 0.3) is 5.91 Å². The molecule has 3 amide bonds. The Hall–Kier alpha value is -2.41. The van der Waals surface area contributed by atoms with E-state index in [0.29, 0.717) is 17.7 Å². The lowest BCUT2D eigenvalue weighted by Crippen LogP contribution is -2.50. The van der Waals surface area contributed by atoms with Crippen LogP contribution in [0.25, 0.3) is 0 Å². The molecule has 2 rings (SSSR count). The summed E-state index contributed by atoms with van der Waals surface area (Å²) in [6.45, 7) is 2.58. The number of hydrogen-bond donors (Lipinski definition) is 4. The molecule has 0 bridgehead atoms. The van der Waals surface area contributed by atoms with Crippen molar-refractivity contribution in [3.8, 4) is 0 Å². The third-order valence-corrected chi connectivity index (χ3v) is 4.09. The number of carbonyl (C=O) groups is 3. The van der Waals surface area contributed by atoms with Crippen LogP contribution in [0.5, 0.6) is 0 Å². The Morgan fingerprint density at radius 3 is 2.74 bits per heavy atom. The van der Waals surface area contributed by atoms with Gasteiger partial charge >= 0.3 is 0 Å². The van der Waals surface area contributed by atoms with E-state index in [2.05, 4.69) is 16.0 Å². The molecule has 1 aromatic carbocycles. The molecule has 0 spiro atoms. The maximum atomic E-state index is 12.5. The molecule has 1 aromatic rings. The maximum absolute atomic E-state index is 12.5. The molecular weight excluding hydrogens is 296 g/mol. The molecule has 124 valence electrons. The molecule has 7 nitrogen and oxygen atoms in total. The van der Waals surface area contributed by atoms with E-state index >= 15 is 0 Å². The molecule has 5 N–H and O–H groups in total. The summed E-state index contributed by atoms with van der Waals surface area (Å²) in [5.74, 6) is -1.11. The van der Waals surface area contributed by atoms with E-state index in [4.69, 9.17) is 5.73 Å². The largest absolute Gasteiger partial charge is 0.368 e. The lowest BCUT2D eigenvalue weighted by Gasteiger charge is -2.26. The van der Waals surface area contributed by atoms with Crippen LogP contribution in [-0.2, 0) is 9.59 Å². The number of amides is 3. The number of benzene rings is 1. The highest BCUT2D eigenvalue weighted by Gasteiger charge is 2.39. The van der Waals surface area contributed by atoms with Crippen LogP contribution in [0.2, 0.25) is 0 Å². The predicted octanol–water partition coefficient (Wildman–Crippen LogP) is 0.372. The minimum atomic E-state index is -0.611. The first-order valence-electron chi connectivity index (χ1n) is 7.70. The maximum Gasteiger partial charge on any atom is 0.251 e. The van der Waals surface area contributed by atoms with Crippen LogP contribution >= 0.6 is 0 Å². The van der Waals surface area contributed by atoms with E-state index < -0.39 is 17.4 Å². The van der Waals surface area contributed by atoms with Gasteiger partial charge in [0.1, 0.15) is 0 Å². The SMILES string of the molecule is CCC1(C(=O)Nc2cccc(C(=O)NCC(N)=O)c2)CCCN1. The fraction of sp³-hybridized carbons (Fsp3) is 0.438. The second-order valence-electron chi connectivity index (χ2n) is 5.65. The normalized spacial score (nSPS) is 20.0. The lowest BCUT2D eigenvalue weighted by molar-refractivity contribution is -0.122. The molecule has 23 heavy (non-hydrogen) atoms. The van der Waals surface area contributed by atoms with E-state index in [1.54, 1.807) is 24.3 Å². The molecule has 0 aliphatic carbocycles. The zero-order chi connectivity index (χ0) is 16.9. The van der Waals surface area contributed by atoms with Crippen molar-refractivity contribution >= 4 is 23.4 Å². The Morgan fingerprint density at radius 2 is 2.13 bits per heavy atom. The number of anilines is 1. The third kappa shape index (κ3) is 4.07. The van der Waals surface area contributed by atoms with E-state index in [-0.39, 0.29) is 12.5 Å². The Labute approximate surface area is 135 Å². The van der Waals surface area contributed by atoms with Crippen LogP contribution < -0.4 is 21.7 Å². The van der Waals surface area contributed by atoms with Gasteiger partial charge in [-0.25, -0.2) is 0 Å². The van der Waals surface area contributed by atoms with Crippen molar-refractivity contribution in [2.45, 2.75) is 31.7 Å². The molecule has 1 unspecified atom stereocenters. The van der Waals surface area contributed by atoms with Gasteiger partial charge < -0.3 is 21.7 Å². The minimum Gasteiger partial charge on any atom is -0.368 e. The number of primary amides is 1. The molecule has 0 saturated carbocycles. The van der Waals surface area contributed by atoms with Crippen molar-refractivity contribution in [1.82, 2.24) is 10.6 Å². The topological polar surface area (TPSA) is 113 Å². The highest BCUT2D eigenvalue weighted by Crippen LogP contribution is 2.25. The lowest BCUT2D eigenvalue weighted by atomic mass is 9.93. The summed E-state index contributed by atoms with van der Waals surface area (Å²) in [5, 5.41) is 8.54. The van der Waals surface area contributed by atoms with Gasteiger partial charge in [0.05, 0.1) is 12.1 Å². The molecule has 7 heteroatoms. The van der Waals surface area contributed by atoms with Crippen LogP contribution in [-0.4, -0.2) is 36.3 Å². The number of nitrogens with one attached hydrogen (secondary N) is 3. The van der Waals surface area contributed by atoms with E-state index in [9.17, 15) is 14.4 Å². The Morgan fingerprint density at radius 1 is 1.35 bits per heavy atom. The van der Waals surface area contributed by atoms with Crippen LogP contribution in [0.4, 0.5) is 5.69 Å². The summed E-state index contributed by atoms with van der Waals surface area (Å²) in [5.41, 5.74) is 5.36. The Bertz CT molecular complexity index is 609. The van der Waals surface area contributed by atoms with Crippen molar-refractivity contribution in [1.29, 1.82) is 0 Å². The smallest absolute Gasteiger partial charge is 0.251 e. The molecule has 1 aliphatic rings. The van der Waals surface area contributed by atoms with Crippen molar-refractivity contribution < 1.29 is 14.4 Å². The summed E-state index contributed by atoms with van der Waals surface area (Å²) in [6, 6.07) is 6.58. The molecule has 1 fully saturated rings. The summed E-state index contributed by atoms with van der Waals surface area (Å²) >= 11 is 0. The quantitative estimate of drug-likeness (QED) is 0.607. The molecule has 1 aliphatic heterocycles. The van der Waals surface area contributed by atoms with Crippen LogP contribution in [0.15, 0.2) is 24.3 Å². The van der Waals surface area contributed by atoms with Crippen molar-refractivity contribution in [3.63, 3.8) is 0 Å². The monoisotopic (exact) mass is 318 g/mol. The first kappa shape index (κ1) is 17.0. The first-order valence-corrected chi connectivity index (χ1v) is 7.70. The fourth-order valence-corrected chi connectivity index (χ4v) is 2.72. The summed E-state index contributed by atoms with van der Waals surface area (Å²) in [7, 11) is 0. The van der Waals surface area contributed by atoms with Crippen molar-refractivity contribution in [3.05, 3.63) is 29.8 Å². The van der Waals surface area contributed by atoms with Gasteiger partial charge in [-0.15, -0.1) is 0 Å². The van der Waals surface area contributed by atoms with Crippen LogP contribution in [0.1, 0.15) is 36.5 Å². The van der Waals surface area contributed by atoms with Gasteiger partial charge in [0.2, 0.25) is 11.8 Å². The molecular formula is C16H22N4O3. The highest BCUT2D eigenvalue weighted by molar-refractivity contribution is 6.01. The zero-order valence-electron chi connectivity index (χ0n) is 13.1. The van der Waals surface area contributed by atoms with Crippen LogP contribution in [0, 0.1) is 0 Å². The van der Waals surface area contributed by atoms with Crippen molar-refractivity contribution in [2.24, 2.45) is 5.73 Å². The van der Waals surface area contributed by atoms with Gasteiger partial charge in [-0.05, 0) is 44.0 Å². The molecule has 1 saturated heterocycles. The molecule has 0 radical (unpaired) electrons. The second-order valence-corrected chi connectivity index (χ2v) is 5.65. The number of rotatable bonds is 6. The molecule has 1 heterocycles. The average molecular weight is 318 g/mol. The van der Waals surface area contributed by atoms with Gasteiger partial charge in [-0.2, -0.15) is 0 Å². The summed E-state index contributed by atoms with van der Waals surface area (Å²) in [4.78, 5) is 35.2. The number of nitrogens with two attached hydrogens (primary N) is 1. The fourth-order valence-electron chi connectivity index (χ4n) is 2.72. The average Bonchev–Trinajstić information content (AvgIpc) is 3.03. The number of hydrogen-bond acceptors (Lipinski definition) is 4. The first-order chi connectivity index (χ1) is 11.0. The predicted molar refractivity (Wildman–Crippen MR) is 86.9 cm³/mol. The third-order valence-electron chi connectivity index (χ3n) is 4.09. The second kappa shape index (κ2) is 7.23. The van der Waals surface area contributed by atoms with E-state index in [1.807, 2.05) is 6.92 Å². The Kier molecular flexibility index (Phi) is 5.33. The number of carbonyl (C=O) groups excluding carboxylic acids is 3. The minimum absolute atomic E-state index is 0.0906. The van der Waals surface area contributed by atoms with E-state index in [0.717, 1.165) is 19.4 Å². The summed E-state index contributed by atoms with van der Waals surface area (Å²) in [6.07, 6.45) is 2.47. The van der Waals surface area contributed by atoms with Gasteiger partial charge in [0, 0.05) is 11.3 Å². The van der Waals surface area contributed by atoms with Crippen molar-refractivity contribution in [2.75, 3.05) is 18.4 Å². The van der Waals surface area contributed by atoms with Gasteiger partial charge in [-0.3, -0.25) is 14.4 Å². The van der Waals surface area contributed by atoms with Gasteiger partial charge in [0.15, 0.2) is 0 Å². The zero-order valence-corrected chi connectivity index (χ0v) is 13.1. The molecule has 1 atom stereocenters. The van der Waals surface area contributed by atoms with Gasteiger partial charge in [-0.1, -0.05) is 13.0 Å².